The maximum atomic E-state index is 12.9. The first kappa shape index (κ1) is 16.3. The van der Waals surface area contributed by atoms with Gasteiger partial charge in [-0.3, -0.25) is 4.79 Å². The summed E-state index contributed by atoms with van der Waals surface area (Å²) in [5.74, 6) is 0.466. The Hall–Kier alpha value is -3.13. The van der Waals surface area contributed by atoms with E-state index in [1.165, 1.54) is 6.42 Å². The van der Waals surface area contributed by atoms with Crippen LogP contribution in [0.25, 0.3) is 27.8 Å². The molecule has 0 atom stereocenters. The van der Waals surface area contributed by atoms with Gasteiger partial charge in [-0.2, -0.15) is 5.26 Å². The van der Waals surface area contributed by atoms with Crippen molar-refractivity contribution in [2.75, 3.05) is 0 Å². The zero-order valence-corrected chi connectivity index (χ0v) is 14.6. The second kappa shape index (κ2) is 6.64. The van der Waals surface area contributed by atoms with Crippen molar-refractivity contribution in [3.05, 3.63) is 57.5 Å². The number of aromatic amines is 1. The van der Waals surface area contributed by atoms with Crippen molar-refractivity contribution >= 4 is 16.5 Å². The third-order valence-corrected chi connectivity index (χ3v) is 4.88. The second-order valence-corrected chi connectivity index (χ2v) is 6.74. The first-order valence-corrected chi connectivity index (χ1v) is 8.90. The van der Waals surface area contributed by atoms with E-state index < -0.39 is 0 Å². The van der Waals surface area contributed by atoms with Gasteiger partial charge in [0.25, 0.3) is 5.56 Å². The van der Waals surface area contributed by atoms with E-state index in [0.29, 0.717) is 16.9 Å². The van der Waals surface area contributed by atoms with Gasteiger partial charge in [-0.05, 0) is 56.4 Å². The standard InChI is InChI=1S/C21H19N3O2/c1-13-10-18(26-24-13)20-19(15-6-4-2-3-5-7-15)16-11-14(12-22)8-9-17(16)23-21(20)25/h6,8-11H,2-5,7H2,1H3,(H,23,25). The van der Waals surface area contributed by atoms with Gasteiger partial charge in [0.1, 0.15) is 0 Å². The summed E-state index contributed by atoms with van der Waals surface area (Å²) < 4.78 is 5.44. The predicted octanol–water partition coefficient (Wildman–Crippen LogP) is 4.71. The molecule has 0 unspecified atom stereocenters. The molecule has 5 nitrogen and oxygen atoms in total. The Balaban J connectivity index is 2.10. The molecule has 1 N–H and O–H groups in total. The van der Waals surface area contributed by atoms with Gasteiger partial charge in [-0.25, -0.2) is 0 Å². The molecule has 4 rings (SSSR count). The van der Waals surface area contributed by atoms with Crippen molar-refractivity contribution in [3.63, 3.8) is 0 Å². The van der Waals surface area contributed by atoms with Gasteiger partial charge >= 0.3 is 0 Å². The normalized spacial score (nSPS) is 14.7. The monoisotopic (exact) mass is 345 g/mol. The predicted molar refractivity (Wildman–Crippen MR) is 101 cm³/mol. The lowest BCUT2D eigenvalue weighted by molar-refractivity contribution is 0.426. The molecule has 0 saturated heterocycles. The first-order valence-electron chi connectivity index (χ1n) is 8.90. The molecule has 0 fully saturated rings. The third-order valence-electron chi connectivity index (χ3n) is 4.88. The molecule has 130 valence electrons. The molecule has 1 aliphatic rings. The summed E-state index contributed by atoms with van der Waals surface area (Å²) in [5, 5.41) is 14.2. The molecule has 2 aromatic heterocycles. The number of hydrogen-bond donors (Lipinski definition) is 1. The van der Waals surface area contributed by atoms with Crippen molar-refractivity contribution in [2.24, 2.45) is 0 Å². The molecular formula is C21H19N3O2. The maximum Gasteiger partial charge on any atom is 0.260 e. The molecular weight excluding hydrogens is 326 g/mol. The van der Waals surface area contributed by atoms with Gasteiger partial charge < -0.3 is 9.51 Å². The average Bonchev–Trinajstić information content (AvgIpc) is 2.90. The van der Waals surface area contributed by atoms with Crippen LogP contribution in [0.2, 0.25) is 0 Å². The fourth-order valence-electron chi connectivity index (χ4n) is 3.65. The van der Waals surface area contributed by atoms with Crippen molar-refractivity contribution < 1.29 is 4.52 Å². The zero-order chi connectivity index (χ0) is 18.1. The molecule has 2 heterocycles. The first-order chi connectivity index (χ1) is 12.7. The number of nitrogens with one attached hydrogen (secondary N) is 1. The van der Waals surface area contributed by atoms with Crippen LogP contribution in [0.4, 0.5) is 0 Å². The molecule has 5 heteroatoms. The molecule has 3 aromatic rings. The van der Waals surface area contributed by atoms with E-state index in [9.17, 15) is 10.1 Å². The maximum absolute atomic E-state index is 12.9. The molecule has 1 aromatic carbocycles. The second-order valence-electron chi connectivity index (χ2n) is 6.74. The van der Waals surface area contributed by atoms with E-state index in [1.54, 1.807) is 18.2 Å². The Morgan fingerprint density at radius 2 is 2.08 bits per heavy atom. The van der Waals surface area contributed by atoms with Crippen LogP contribution in [0.5, 0.6) is 0 Å². The van der Waals surface area contributed by atoms with Crippen molar-refractivity contribution in [2.45, 2.75) is 39.0 Å². The lowest BCUT2D eigenvalue weighted by Gasteiger charge is -2.14. The van der Waals surface area contributed by atoms with Crippen LogP contribution < -0.4 is 5.56 Å². The smallest absolute Gasteiger partial charge is 0.260 e. The van der Waals surface area contributed by atoms with Crippen molar-refractivity contribution in [1.29, 1.82) is 5.26 Å². The van der Waals surface area contributed by atoms with E-state index >= 15 is 0 Å². The van der Waals surface area contributed by atoms with Crippen LogP contribution in [-0.4, -0.2) is 10.1 Å². The average molecular weight is 345 g/mol. The van der Waals surface area contributed by atoms with Crippen LogP contribution in [0.1, 0.15) is 48.9 Å². The number of H-pyrrole nitrogens is 1. The minimum Gasteiger partial charge on any atom is -0.356 e. The number of pyridine rings is 1. The summed E-state index contributed by atoms with van der Waals surface area (Å²) in [5.41, 5.74) is 4.36. The van der Waals surface area contributed by atoms with Crippen LogP contribution >= 0.6 is 0 Å². The summed E-state index contributed by atoms with van der Waals surface area (Å²) in [6.07, 6.45) is 7.57. The van der Waals surface area contributed by atoms with Gasteiger partial charge in [0, 0.05) is 22.5 Å². The molecule has 0 spiro atoms. The number of benzene rings is 1. The Morgan fingerprint density at radius 3 is 2.85 bits per heavy atom. The number of fused-ring (bicyclic) bond motifs is 1. The van der Waals surface area contributed by atoms with Gasteiger partial charge in [-0.1, -0.05) is 17.7 Å². The molecule has 0 amide bonds. The van der Waals surface area contributed by atoms with E-state index in [0.717, 1.165) is 53.4 Å². The van der Waals surface area contributed by atoms with Crippen molar-refractivity contribution in [1.82, 2.24) is 10.1 Å². The van der Waals surface area contributed by atoms with Gasteiger partial charge in [-0.15, -0.1) is 0 Å². The van der Waals surface area contributed by atoms with Crippen LogP contribution in [0.15, 0.2) is 39.7 Å². The zero-order valence-electron chi connectivity index (χ0n) is 14.6. The lowest BCUT2D eigenvalue weighted by atomic mass is 9.91. The highest BCUT2D eigenvalue weighted by Gasteiger charge is 2.21. The van der Waals surface area contributed by atoms with Crippen LogP contribution in [0.3, 0.4) is 0 Å². The van der Waals surface area contributed by atoms with Gasteiger partial charge in [0.2, 0.25) is 0 Å². The SMILES string of the molecule is Cc1cc(-c2c(C3=CCCCCC3)c3cc(C#N)ccc3[nH]c2=O)on1. The van der Waals surface area contributed by atoms with E-state index in [-0.39, 0.29) is 5.56 Å². The Labute approximate surface area is 150 Å². The molecule has 26 heavy (non-hydrogen) atoms. The minimum absolute atomic E-state index is 0.196. The summed E-state index contributed by atoms with van der Waals surface area (Å²) in [4.78, 5) is 15.8. The summed E-state index contributed by atoms with van der Waals surface area (Å²) in [6, 6.07) is 9.34. The Bertz CT molecular complexity index is 1110. The topological polar surface area (TPSA) is 82.7 Å². The summed E-state index contributed by atoms with van der Waals surface area (Å²) in [7, 11) is 0. The van der Waals surface area contributed by atoms with Crippen LogP contribution in [0, 0.1) is 18.3 Å². The highest BCUT2D eigenvalue weighted by molar-refractivity contribution is 5.98. The molecule has 0 saturated carbocycles. The Morgan fingerprint density at radius 1 is 1.19 bits per heavy atom. The van der Waals surface area contributed by atoms with E-state index in [2.05, 4.69) is 22.3 Å². The third kappa shape index (κ3) is 2.84. The highest BCUT2D eigenvalue weighted by atomic mass is 16.5. The lowest BCUT2D eigenvalue weighted by Crippen LogP contribution is -2.12. The fraction of sp³-hybridized carbons (Fsp3) is 0.286. The number of nitriles is 1. The van der Waals surface area contributed by atoms with Crippen LogP contribution in [-0.2, 0) is 0 Å². The number of rotatable bonds is 2. The summed E-state index contributed by atoms with van der Waals surface area (Å²) in [6.45, 7) is 1.83. The number of nitrogens with zero attached hydrogens (tertiary/aromatic N) is 2. The summed E-state index contributed by atoms with van der Waals surface area (Å²) >= 11 is 0. The molecule has 0 aliphatic heterocycles. The number of hydrogen-bond acceptors (Lipinski definition) is 4. The minimum atomic E-state index is -0.196. The Kier molecular flexibility index (Phi) is 4.18. The number of allylic oxidation sites excluding steroid dienone is 2. The fourth-order valence-corrected chi connectivity index (χ4v) is 3.65. The number of aryl methyl sites for hydroxylation is 1. The largest absolute Gasteiger partial charge is 0.356 e. The van der Waals surface area contributed by atoms with Gasteiger partial charge in [0.05, 0.1) is 22.9 Å². The molecule has 0 bridgehead atoms. The van der Waals surface area contributed by atoms with Gasteiger partial charge in [0.15, 0.2) is 5.76 Å². The van der Waals surface area contributed by atoms with E-state index in [1.807, 2.05) is 13.0 Å². The molecule has 1 aliphatic carbocycles. The highest BCUT2D eigenvalue weighted by Crippen LogP contribution is 2.36. The number of aromatic nitrogens is 2. The quantitative estimate of drug-likeness (QED) is 0.729. The van der Waals surface area contributed by atoms with Crippen molar-refractivity contribution in [3.8, 4) is 17.4 Å². The molecule has 0 radical (unpaired) electrons. The van der Waals surface area contributed by atoms with E-state index in [4.69, 9.17) is 4.52 Å².